The van der Waals surface area contributed by atoms with Crippen LogP contribution in [-0.2, 0) is 4.79 Å². The molecule has 1 aliphatic heterocycles. The van der Waals surface area contributed by atoms with Gasteiger partial charge in [0.2, 0.25) is 5.91 Å². The van der Waals surface area contributed by atoms with E-state index in [2.05, 4.69) is 0 Å². The second-order valence-electron chi connectivity index (χ2n) is 6.35. The Hall–Kier alpha value is -1.84. The highest BCUT2D eigenvalue weighted by Gasteiger charge is 2.46. The molecule has 2 N–H and O–H groups in total. The van der Waals surface area contributed by atoms with Crippen molar-refractivity contribution in [3.8, 4) is 0 Å². The van der Waals surface area contributed by atoms with Crippen LogP contribution in [0.5, 0.6) is 0 Å². The molecule has 21 heavy (non-hydrogen) atoms. The maximum atomic E-state index is 12.9. The summed E-state index contributed by atoms with van der Waals surface area (Å²) in [6.45, 7) is 1.97. The fourth-order valence-electron chi connectivity index (χ4n) is 3.93. The van der Waals surface area contributed by atoms with Crippen molar-refractivity contribution in [3.05, 3.63) is 35.4 Å². The number of carbonyl (C=O) groups excluding carboxylic acids is 2. The SMILES string of the molecule is Cc1cccc(C(=O)N2C(C(N)=O)CC3CCCCC32)c1. The Labute approximate surface area is 125 Å². The molecule has 3 unspecified atom stereocenters. The van der Waals surface area contributed by atoms with Crippen molar-refractivity contribution in [3.63, 3.8) is 0 Å². The summed E-state index contributed by atoms with van der Waals surface area (Å²) >= 11 is 0. The summed E-state index contributed by atoms with van der Waals surface area (Å²) in [4.78, 5) is 26.5. The summed E-state index contributed by atoms with van der Waals surface area (Å²) in [5.41, 5.74) is 7.27. The van der Waals surface area contributed by atoms with Crippen LogP contribution in [0.4, 0.5) is 0 Å². The molecular weight excluding hydrogens is 264 g/mol. The first kappa shape index (κ1) is 14.1. The lowest BCUT2D eigenvalue weighted by Gasteiger charge is -2.33. The lowest BCUT2D eigenvalue weighted by Crippen LogP contribution is -2.48. The van der Waals surface area contributed by atoms with Gasteiger partial charge in [0.15, 0.2) is 0 Å². The molecule has 4 heteroatoms. The van der Waals surface area contributed by atoms with Crippen LogP contribution in [0, 0.1) is 12.8 Å². The Kier molecular flexibility index (Phi) is 3.70. The van der Waals surface area contributed by atoms with E-state index in [0.29, 0.717) is 11.5 Å². The molecule has 0 radical (unpaired) electrons. The third-order valence-corrected chi connectivity index (χ3v) is 4.92. The van der Waals surface area contributed by atoms with Crippen LogP contribution in [0.15, 0.2) is 24.3 Å². The smallest absolute Gasteiger partial charge is 0.254 e. The summed E-state index contributed by atoms with van der Waals surface area (Å²) in [5.74, 6) is 0.0207. The number of aryl methyl sites for hydroxylation is 1. The maximum absolute atomic E-state index is 12.9. The molecule has 1 heterocycles. The normalized spacial score (nSPS) is 28.2. The molecule has 2 aliphatic rings. The number of hydrogen-bond acceptors (Lipinski definition) is 2. The first-order chi connectivity index (χ1) is 10.1. The molecule has 0 bridgehead atoms. The van der Waals surface area contributed by atoms with Gasteiger partial charge in [0, 0.05) is 11.6 Å². The second-order valence-corrected chi connectivity index (χ2v) is 6.35. The van der Waals surface area contributed by atoms with Crippen molar-refractivity contribution in [2.75, 3.05) is 0 Å². The molecule has 4 nitrogen and oxygen atoms in total. The predicted octanol–water partition coefficient (Wildman–Crippen LogP) is 2.25. The molecule has 1 saturated heterocycles. The van der Waals surface area contributed by atoms with Crippen LogP contribution >= 0.6 is 0 Å². The molecular formula is C17H22N2O2. The van der Waals surface area contributed by atoms with E-state index in [4.69, 9.17) is 5.73 Å². The van der Waals surface area contributed by atoms with Crippen molar-refractivity contribution >= 4 is 11.8 Å². The number of likely N-dealkylation sites (tertiary alicyclic amines) is 1. The Bertz CT molecular complexity index is 570. The van der Waals surface area contributed by atoms with Crippen molar-refractivity contribution in [2.24, 2.45) is 11.7 Å². The average molecular weight is 286 g/mol. The fourth-order valence-corrected chi connectivity index (χ4v) is 3.93. The first-order valence-electron chi connectivity index (χ1n) is 7.76. The summed E-state index contributed by atoms with van der Waals surface area (Å²) in [6, 6.07) is 7.31. The maximum Gasteiger partial charge on any atom is 0.254 e. The number of hydrogen-bond donors (Lipinski definition) is 1. The number of amides is 2. The molecule has 3 atom stereocenters. The lowest BCUT2D eigenvalue weighted by molar-refractivity contribution is -0.122. The summed E-state index contributed by atoms with van der Waals surface area (Å²) in [6.07, 6.45) is 5.15. The van der Waals surface area contributed by atoms with Gasteiger partial charge < -0.3 is 10.6 Å². The summed E-state index contributed by atoms with van der Waals surface area (Å²) in [5, 5.41) is 0. The standard InChI is InChI=1S/C17H22N2O2/c1-11-5-4-7-13(9-11)17(21)19-14-8-3-2-6-12(14)10-15(19)16(18)20/h4-5,7,9,12,14-15H,2-3,6,8,10H2,1H3,(H2,18,20). The molecule has 1 aromatic carbocycles. The molecule has 0 spiro atoms. The third-order valence-electron chi connectivity index (χ3n) is 4.92. The first-order valence-corrected chi connectivity index (χ1v) is 7.76. The Morgan fingerprint density at radius 3 is 2.71 bits per heavy atom. The minimum atomic E-state index is -0.439. The van der Waals surface area contributed by atoms with Gasteiger partial charge in [-0.05, 0) is 44.2 Å². The lowest BCUT2D eigenvalue weighted by atomic mass is 9.84. The van der Waals surface area contributed by atoms with E-state index in [-0.39, 0.29) is 17.9 Å². The van der Waals surface area contributed by atoms with Crippen molar-refractivity contribution in [1.82, 2.24) is 4.90 Å². The molecule has 3 rings (SSSR count). The number of carbonyl (C=O) groups is 2. The minimum Gasteiger partial charge on any atom is -0.368 e. The Morgan fingerprint density at radius 2 is 2.00 bits per heavy atom. The van der Waals surface area contributed by atoms with E-state index >= 15 is 0 Å². The molecule has 112 valence electrons. The van der Waals surface area contributed by atoms with Gasteiger partial charge in [-0.15, -0.1) is 0 Å². The van der Waals surface area contributed by atoms with Gasteiger partial charge in [-0.25, -0.2) is 0 Å². The van der Waals surface area contributed by atoms with Crippen molar-refractivity contribution < 1.29 is 9.59 Å². The number of fused-ring (bicyclic) bond motifs is 1. The minimum absolute atomic E-state index is 0.0445. The van der Waals surface area contributed by atoms with E-state index in [0.717, 1.165) is 31.2 Å². The molecule has 1 saturated carbocycles. The zero-order valence-electron chi connectivity index (χ0n) is 12.4. The second kappa shape index (κ2) is 5.51. The highest BCUT2D eigenvalue weighted by atomic mass is 16.2. The quantitative estimate of drug-likeness (QED) is 0.906. The van der Waals surface area contributed by atoms with Gasteiger partial charge in [0.1, 0.15) is 6.04 Å². The van der Waals surface area contributed by atoms with Crippen molar-refractivity contribution in [1.29, 1.82) is 0 Å². The Balaban J connectivity index is 1.92. The predicted molar refractivity (Wildman–Crippen MR) is 80.7 cm³/mol. The van der Waals surface area contributed by atoms with Gasteiger partial charge in [-0.3, -0.25) is 9.59 Å². The Morgan fingerprint density at radius 1 is 1.24 bits per heavy atom. The summed E-state index contributed by atoms with van der Waals surface area (Å²) < 4.78 is 0. The van der Waals surface area contributed by atoms with Crippen LogP contribution in [0.1, 0.15) is 48.0 Å². The van der Waals surface area contributed by atoms with E-state index in [9.17, 15) is 9.59 Å². The van der Waals surface area contributed by atoms with E-state index in [1.165, 1.54) is 6.42 Å². The van der Waals surface area contributed by atoms with Gasteiger partial charge >= 0.3 is 0 Å². The van der Waals surface area contributed by atoms with Crippen LogP contribution in [-0.4, -0.2) is 28.8 Å². The largest absolute Gasteiger partial charge is 0.368 e. The zero-order chi connectivity index (χ0) is 15.0. The highest BCUT2D eigenvalue weighted by molar-refractivity contribution is 5.98. The van der Waals surface area contributed by atoms with Crippen LogP contribution in [0.25, 0.3) is 0 Å². The van der Waals surface area contributed by atoms with Crippen LogP contribution < -0.4 is 5.73 Å². The number of rotatable bonds is 2. The monoisotopic (exact) mass is 286 g/mol. The van der Waals surface area contributed by atoms with Gasteiger partial charge in [0.25, 0.3) is 5.91 Å². The van der Waals surface area contributed by atoms with Gasteiger partial charge in [0.05, 0.1) is 0 Å². The molecule has 1 aromatic rings. The van der Waals surface area contributed by atoms with E-state index in [1.54, 1.807) is 4.90 Å². The fraction of sp³-hybridized carbons (Fsp3) is 0.529. The molecule has 1 aliphatic carbocycles. The van der Waals surface area contributed by atoms with Crippen LogP contribution in [0.2, 0.25) is 0 Å². The number of nitrogens with zero attached hydrogens (tertiary/aromatic N) is 1. The highest BCUT2D eigenvalue weighted by Crippen LogP contribution is 2.40. The number of benzene rings is 1. The van der Waals surface area contributed by atoms with Crippen molar-refractivity contribution in [2.45, 2.75) is 51.1 Å². The third kappa shape index (κ3) is 2.55. The van der Waals surface area contributed by atoms with Gasteiger partial charge in [-0.1, -0.05) is 30.5 Å². The number of primary amides is 1. The molecule has 0 aromatic heterocycles. The van der Waals surface area contributed by atoms with E-state index in [1.807, 2.05) is 31.2 Å². The molecule has 2 fully saturated rings. The topological polar surface area (TPSA) is 63.4 Å². The van der Waals surface area contributed by atoms with Crippen LogP contribution in [0.3, 0.4) is 0 Å². The molecule has 2 amide bonds. The van der Waals surface area contributed by atoms with Gasteiger partial charge in [-0.2, -0.15) is 0 Å². The van der Waals surface area contributed by atoms with E-state index < -0.39 is 6.04 Å². The number of nitrogens with two attached hydrogens (primary N) is 1. The average Bonchev–Trinajstić information content (AvgIpc) is 2.86. The summed E-state index contributed by atoms with van der Waals surface area (Å²) in [7, 11) is 0. The zero-order valence-corrected chi connectivity index (χ0v) is 12.4.